The van der Waals surface area contributed by atoms with Crippen LogP contribution in [0.15, 0.2) is 231 Å². The summed E-state index contributed by atoms with van der Waals surface area (Å²) in [6.45, 7) is 0. The highest BCUT2D eigenvalue weighted by Gasteiger charge is 2.25. The van der Waals surface area contributed by atoms with Gasteiger partial charge < -0.3 is 9.47 Å². The monoisotopic (exact) mass is 850 g/mol. The van der Waals surface area contributed by atoms with Crippen molar-refractivity contribution in [3.05, 3.63) is 231 Å². The quantitative estimate of drug-likeness (QED) is 0.155. The summed E-state index contributed by atoms with van der Waals surface area (Å²) >= 11 is 3.77. The SMILES string of the molecule is c1ccc(-c2ccccc2N(c2cc(-c3cccc4c3sc3ccccc34)cc(-c3cccc4c3sc3ccccc34)c2)c2cccc3c2c2ccccc2n3-c2ccccc2)cc1. The van der Waals surface area contributed by atoms with E-state index in [1.807, 2.05) is 22.7 Å². The standard InChI is InChI=1S/C60H38N2S2/c1-3-18-39(19-4-1)44-22-7-11-30-52(44)62(55-33-17-32-54-58(55)51-25-8-12-31-53(51)61(54)42-20-5-2-6-21-42)43-37-40(45-26-15-28-49-47-23-9-13-34-56(47)63-59(45)49)36-41(38-43)46-27-16-29-50-48-24-10-14-35-57(48)64-60(46)50/h1-38H. The third-order valence-corrected chi connectivity index (χ3v) is 15.2. The van der Waals surface area contributed by atoms with E-state index >= 15 is 0 Å². The highest BCUT2D eigenvalue weighted by molar-refractivity contribution is 7.26. The average Bonchev–Trinajstić information content (AvgIpc) is 4.05. The Kier molecular flexibility index (Phi) is 8.61. The maximum absolute atomic E-state index is 2.54. The number of fused-ring (bicyclic) bond motifs is 9. The number of thiophene rings is 2. The van der Waals surface area contributed by atoms with Crippen molar-refractivity contribution in [2.75, 3.05) is 4.90 Å². The van der Waals surface area contributed by atoms with Crippen molar-refractivity contribution in [1.29, 1.82) is 0 Å². The first-order chi connectivity index (χ1) is 31.8. The summed E-state index contributed by atoms with van der Waals surface area (Å²) in [5.41, 5.74) is 14.0. The molecule has 0 saturated carbocycles. The van der Waals surface area contributed by atoms with Crippen molar-refractivity contribution in [1.82, 2.24) is 4.57 Å². The van der Waals surface area contributed by atoms with Crippen LogP contribution < -0.4 is 4.90 Å². The van der Waals surface area contributed by atoms with E-state index < -0.39 is 0 Å². The molecule has 3 heterocycles. The highest BCUT2D eigenvalue weighted by Crippen LogP contribution is 2.50. The molecule has 0 amide bonds. The van der Waals surface area contributed by atoms with Gasteiger partial charge in [0, 0.05) is 68.1 Å². The van der Waals surface area contributed by atoms with Gasteiger partial charge in [-0.25, -0.2) is 0 Å². The lowest BCUT2D eigenvalue weighted by Crippen LogP contribution is -2.12. The Labute approximate surface area is 378 Å². The van der Waals surface area contributed by atoms with Crippen molar-refractivity contribution in [3.8, 4) is 39.1 Å². The van der Waals surface area contributed by atoms with Gasteiger partial charge in [0.1, 0.15) is 0 Å². The van der Waals surface area contributed by atoms with E-state index in [0.717, 1.165) is 33.8 Å². The van der Waals surface area contributed by atoms with Gasteiger partial charge in [-0.15, -0.1) is 22.7 Å². The van der Waals surface area contributed by atoms with Gasteiger partial charge >= 0.3 is 0 Å². The van der Waals surface area contributed by atoms with Crippen LogP contribution in [-0.4, -0.2) is 4.57 Å². The molecule has 300 valence electrons. The second kappa shape index (κ2) is 15.0. The van der Waals surface area contributed by atoms with Crippen LogP contribution >= 0.6 is 22.7 Å². The number of rotatable bonds is 7. The summed E-state index contributed by atoms with van der Waals surface area (Å²) in [6, 6.07) is 84.8. The fourth-order valence-electron chi connectivity index (χ4n) is 9.98. The summed E-state index contributed by atoms with van der Waals surface area (Å²) in [6.07, 6.45) is 0. The predicted octanol–water partition coefficient (Wildman–Crippen LogP) is 18.0. The molecule has 0 N–H and O–H groups in total. The van der Waals surface area contributed by atoms with Crippen LogP contribution in [0.4, 0.5) is 17.1 Å². The number of nitrogens with zero attached hydrogens (tertiary/aromatic N) is 2. The molecule has 0 aliphatic carbocycles. The molecule has 0 radical (unpaired) electrons. The molecule has 13 rings (SSSR count). The highest BCUT2D eigenvalue weighted by atomic mass is 32.1. The van der Waals surface area contributed by atoms with Crippen LogP contribution in [0.2, 0.25) is 0 Å². The second-order valence-corrected chi connectivity index (χ2v) is 18.5. The second-order valence-electron chi connectivity index (χ2n) is 16.4. The number of hydrogen-bond acceptors (Lipinski definition) is 3. The summed E-state index contributed by atoms with van der Waals surface area (Å²) in [5, 5.41) is 7.60. The maximum atomic E-state index is 2.54. The molecule has 0 aliphatic heterocycles. The van der Waals surface area contributed by atoms with E-state index in [1.165, 1.54) is 84.5 Å². The molecular formula is C60H38N2S2. The van der Waals surface area contributed by atoms with Crippen LogP contribution in [-0.2, 0) is 0 Å². The summed E-state index contributed by atoms with van der Waals surface area (Å²) < 4.78 is 7.63. The lowest BCUT2D eigenvalue weighted by atomic mass is 9.94. The Balaban J connectivity index is 1.16. The van der Waals surface area contributed by atoms with Crippen molar-refractivity contribution in [2.24, 2.45) is 0 Å². The normalized spacial score (nSPS) is 11.8. The molecule has 10 aromatic carbocycles. The number of aromatic nitrogens is 1. The number of anilines is 3. The van der Waals surface area contributed by atoms with Crippen LogP contribution in [0.3, 0.4) is 0 Å². The van der Waals surface area contributed by atoms with Crippen LogP contribution in [0, 0.1) is 0 Å². The smallest absolute Gasteiger partial charge is 0.0562 e. The van der Waals surface area contributed by atoms with E-state index in [-0.39, 0.29) is 0 Å². The van der Waals surface area contributed by atoms with Gasteiger partial charge in [-0.3, -0.25) is 0 Å². The Morgan fingerprint density at radius 1 is 0.328 bits per heavy atom. The van der Waals surface area contributed by atoms with Crippen molar-refractivity contribution < 1.29 is 0 Å². The fourth-order valence-corrected chi connectivity index (χ4v) is 12.5. The minimum Gasteiger partial charge on any atom is -0.309 e. The number of hydrogen-bond donors (Lipinski definition) is 0. The Morgan fingerprint density at radius 2 is 0.812 bits per heavy atom. The van der Waals surface area contributed by atoms with Crippen molar-refractivity contribution in [3.63, 3.8) is 0 Å². The molecule has 13 aromatic rings. The van der Waals surface area contributed by atoms with Gasteiger partial charge in [0.2, 0.25) is 0 Å². The van der Waals surface area contributed by atoms with E-state index in [4.69, 9.17) is 0 Å². The molecule has 4 heteroatoms. The molecule has 0 aliphatic rings. The molecule has 0 unspecified atom stereocenters. The van der Waals surface area contributed by atoms with Gasteiger partial charge in [-0.05, 0) is 94.5 Å². The molecule has 2 nitrogen and oxygen atoms in total. The first-order valence-corrected chi connectivity index (χ1v) is 23.4. The zero-order chi connectivity index (χ0) is 42.1. The fraction of sp³-hybridized carbons (Fsp3) is 0. The third-order valence-electron chi connectivity index (χ3n) is 12.8. The Bertz CT molecular complexity index is 3780. The van der Waals surface area contributed by atoms with Crippen molar-refractivity contribution in [2.45, 2.75) is 0 Å². The van der Waals surface area contributed by atoms with Gasteiger partial charge in [-0.2, -0.15) is 0 Å². The first-order valence-electron chi connectivity index (χ1n) is 21.8. The average molecular weight is 851 g/mol. The van der Waals surface area contributed by atoms with E-state index in [9.17, 15) is 0 Å². The predicted molar refractivity (Wildman–Crippen MR) is 278 cm³/mol. The van der Waals surface area contributed by atoms with E-state index in [1.54, 1.807) is 0 Å². The van der Waals surface area contributed by atoms with Crippen molar-refractivity contribution >= 4 is 102 Å². The summed E-state index contributed by atoms with van der Waals surface area (Å²) in [4.78, 5) is 2.54. The zero-order valence-electron chi connectivity index (χ0n) is 34.7. The number of para-hydroxylation sites is 3. The van der Waals surface area contributed by atoms with Gasteiger partial charge in [0.05, 0.1) is 22.4 Å². The topological polar surface area (TPSA) is 8.17 Å². The van der Waals surface area contributed by atoms with Gasteiger partial charge in [0.25, 0.3) is 0 Å². The minimum atomic E-state index is 1.09. The van der Waals surface area contributed by atoms with Crippen LogP contribution in [0.25, 0.3) is 101 Å². The largest absolute Gasteiger partial charge is 0.309 e. The molecule has 0 fully saturated rings. The number of benzene rings is 10. The lowest BCUT2D eigenvalue weighted by molar-refractivity contribution is 1.18. The molecule has 3 aromatic heterocycles. The van der Waals surface area contributed by atoms with Gasteiger partial charge in [0.15, 0.2) is 0 Å². The zero-order valence-corrected chi connectivity index (χ0v) is 36.3. The Morgan fingerprint density at radius 3 is 1.48 bits per heavy atom. The lowest BCUT2D eigenvalue weighted by Gasteiger charge is -2.30. The molecule has 64 heavy (non-hydrogen) atoms. The van der Waals surface area contributed by atoms with E-state index in [0.29, 0.717) is 0 Å². The van der Waals surface area contributed by atoms with Crippen LogP contribution in [0.1, 0.15) is 0 Å². The van der Waals surface area contributed by atoms with Crippen LogP contribution in [0.5, 0.6) is 0 Å². The first kappa shape index (κ1) is 36.9. The minimum absolute atomic E-state index is 1.09. The molecule has 0 spiro atoms. The summed E-state index contributed by atoms with van der Waals surface area (Å²) in [5.74, 6) is 0. The third kappa shape index (κ3) is 5.84. The Hall–Kier alpha value is -7.76. The molecule has 0 saturated heterocycles. The van der Waals surface area contributed by atoms with E-state index in [2.05, 4.69) is 240 Å². The maximum Gasteiger partial charge on any atom is 0.0562 e. The molecule has 0 bridgehead atoms. The molecular weight excluding hydrogens is 813 g/mol. The van der Waals surface area contributed by atoms with Gasteiger partial charge in [-0.1, -0.05) is 164 Å². The molecule has 0 atom stereocenters. The summed E-state index contributed by atoms with van der Waals surface area (Å²) in [7, 11) is 0.